The molecular formula is C17H21NO2. The van der Waals surface area contributed by atoms with Gasteiger partial charge in [0.1, 0.15) is 0 Å². The van der Waals surface area contributed by atoms with Crippen LogP contribution in [0.5, 0.6) is 11.5 Å². The molecule has 2 rings (SSSR count). The van der Waals surface area contributed by atoms with Crippen LogP contribution in [-0.4, -0.2) is 12.2 Å². The number of ether oxygens (including phenoxy) is 1. The molecule has 0 saturated heterocycles. The van der Waals surface area contributed by atoms with Gasteiger partial charge in [0.05, 0.1) is 7.11 Å². The van der Waals surface area contributed by atoms with Gasteiger partial charge in [0.15, 0.2) is 11.5 Å². The number of benzene rings is 2. The molecule has 0 radical (unpaired) electrons. The minimum Gasteiger partial charge on any atom is -0.504 e. The summed E-state index contributed by atoms with van der Waals surface area (Å²) in [5.41, 5.74) is 4.71. The normalized spacial score (nSPS) is 12.0. The van der Waals surface area contributed by atoms with Crippen LogP contribution in [0.3, 0.4) is 0 Å². The average Bonchev–Trinajstić information content (AvgIpc) is 2.43. The number of hydrogen-bond donors (Lipinski definition) is 2. The first-order valence-electron chi connectivity index (χ1n) is 6.72. The molecule has 0 heterocycles. The van der Waals surface area contributed by atoms with Crippen LogP contribution in [-0.2, 0) is 0 Å². The van der Waals surface area contributed by atoms with Crippen LogP contribution in [0.4, 0.5) is 5.69 Å². The van der Waals surface area contributed by atoms with Crippen LogP contribution in [0.1, 0.15) is 29.7 Å². The Hall–Kier alpha value is -2.16. The molecule has 0 aliphatic carbocycles. The summed E-state index contributed by atoms with van der Waals surface area (Å²) in [6.45, 7) is 6.29. The van der Waals surface area contributed by atoms with Gasteiger partial charge >= 0.3 is 0 Å². The van der Waals surface area contributed by atoms with E-state index in [9.17, 15) is 5.11 Å². The fourth-order valence-corrected chi connectivity index (χ4v) is 2.13. The van der Waals surface area contributed by atoms with E-state index in [-0.39, 0.29) is 11.8 Å². The van der Waals surface area contributed by atoms with E-state index in [0.29, 0.717) is 5.75 Å². The zero-order valence-electron chi connectivity index (χ0n) is 12.4. The van der Waals surface area contributed by atoms with Gasteiger partial charge in [-0.2, -0.15) is 0 Å². The Bertz CT molecular complexity index is 608. The molecule has 0 spiro atoms. The maximum atomic E-state index is 9.63. The molecule has 2 N–H and O–H groups in total. The highest BCUT2D eigenvalue weighted by Gasteiger charge is 2.09. The van der Waals surface area contributed by atoms with Crippen LogP contribution in [0.25, 0.3) is 0 Å². The highest BCUT2D eigenvalue weighted by atomic mass is 16.5. The molecule has 0 fully saturated rings. The minimum absolute atomic E-state index is 0.131. The zero-order chi connectivity index (χ0) is 14.7. The maximum absolute atomic E-state index is 9.63. The second kappa shape index (κ2) is 5.87. The third-order valence-electron chi connectivity index (χ3n) is 3.59. The molecule has 0 aromatic heterocycles. The molecule has 2 aromatic rings. The quantitative estimate of drug-likeness (QED) is 0.876. The molecule has 1 atom stereocenters. The van der Waals surface area contributed by atoms with Gasteiger partial charge in [0.25, 0.3) is 0 Å². The van der Waals surface area contributed by atoms with Crippen molar-refractivity contribution < 1.29 is 9.84 Å². The summed E-state index contributed by atoms with van der Waals surface area (Å²) in [5.74, 6) is 0.658. The van der Waals surface area contributed by atoms with Gasteiger partial charge < -0.3 is 15.2 Å². The number of anilines is 1. The summed E-state index contributed by atoms with van der Waals surface area (Å²) in [6, 6.07) is 11.9. The summed E-state index contributed by atoms with van der Waals surface area (Å²) < 4.78 is 5.14. The Morgan fingerprint density at radius 3 is 2.45 bits per heavy atom. The van der Waals surface area contributed by atoms with Gasteiger partial charge in [-0.05, 0) is 61.7 Å². The number of aromatic hydroxyl groups is 1. The van der Waals surface area contributed by atoms with Gasteiger partial charge in [-0.3, -0.25) is 0 Å². The van der Waals surface area contributed by atoms with E-state index in [2.05, 4.69) is 44.3 Å². The van der Waals surface area contributed by atoms with Crippen molar-refractivity contribution in [2.24, 2.45) is 0 Å². The zero-order valence-corrected chi connectivity index (χ0v) is 12.4. The minimum atomic E-state index is 0.131. The second-order valence-corrected chi connectivity index (χ2v) is 5.10. The summed E-state index contributed by atoms with van der Waals surface area (Å²) >= 11 is 0. The van der Waals surface area contributed by atoms with Crippen molar-refractivity contribution in [1.29, 1.82) is 0 Å². The van der Waals surface area contributed by atoms with E-state index in [4.69, 9.17) is 4.74 Å². The first kappa shape index (κ1) is 14.3. The second-order valence-electron chi connectivity index (χ2n) is 5.10. The van der Waals surface area contributed by atoms with Crippen molar-refractivity contribution in [3.05, 3.63) is 53.1 Å². The van der Waals surface area contributed by atoms with E-state index < -0.39 is 0 Å². The highest BCUT2D eigenvalue weighted by Crippen LogP contribution is 2.30. The standard InChI is InChI=1S/C17H21NO2/c1-11-5-7-15(9-12(11)2)18-13(3)14-6-8-16(19)17(10-14)20-4/h5-10,13,18-19H,1-4H3. The Morgan fingerprint density at radius 1 is 1.05 bits per heavy atom. The van der Waals surface area contributed by atoms with E-state index in [1.165, 1.54) is 11.1 Å². The van der Waals surface area contributed by atoms with Crippen molar-refractivity contribution in [2.75, 3.05) is 12.4 Å². The predicted molar refractivity (Wildman–Crippen MR) is 82.6 cm³/mol. The van der Waals surface area contributed by atoms with Gasteiger partial charge in [-0.15, -0.1) is 0 Å². The van der Waals surface area contributed by atoms with Crippen molar-refractivity contribution in [3.8, 4) is 11.5 Å². The fraction of sp³-hybridized carbons (Fsp3) is 0.294. The number of phenolic OH excluding ortho intramolecular Hbond substituents is 1. The fourth-order valence-electron chi connectivity index (χ4n) is 2.13. The van der Waals surface area contributed by atoms with Crippen LogP contribution in [0.2, 0.25) is 0 Å². The number of rotatable bonds is 4. The molecule has 0 aliphatic rings. The molecule has 0 aliphatic heterocycles. The number of methoxy groups -OCH3 is 1. The molecule has 3 nitrogen and oxygen atoms in total. The van der Waals surface area contributed by atoms with E-state index in [1.807, 2.05) is 12.1 Å². The maximum Gasteiger partial charge on any atom is 0.160 e. The summed E-state index contributed by atoms with van der Waals surface area (Å²) in [6.07, 6.45) is 0. The molecular weight excluding hydrogens is 250 g/mol. The molecule has 2 aromatic carbocycles. The van der Waals surface area contributed by atoms with Gasteiger partial charge in [-0.25, -0.2) is 0 Å². The first-order valence-corrected chi connectivity index (χ1v) is 6.72. The lowest BCUT2D eigenvalue weighted by Gasteiger charge is -2.17. The smallest absolute Gasteiger partial charge is 0.160 e. The molecule has 3 heteroatoms. The lowest BCUT2D eigenvalue weighted by atomic mass is 10.1. The van der Waals surface area contributed by atoms with E-state index >= 15 is 0 Å². The Morgan fingerprint density at radius 2 is 1.80 bits per heavy atom. The molecule has 0 amide bonds. The summed E-state index contributed by atoms with van der Waals surface area (Å²) in [7, 11) is 1.56. The number of aryl methyl sites for hydroxylation is 2. The predicted octanol–water partition coefficient (Wildman–Crippen LogP) is 4.19. The molecule has 0 bridgehead atoms. The van der Waals surface area contributed by atoms with Crippen molar-refractivity contribution in [1.82, 2.24) is 0 Å². The van der Waals surface area contributed by atoms with E-state index in [1.54, 1.807) is 13.2 Å². The molecule has 20 heavy (non-hydrogen) atoms. The summed E-state index contributed by atoms with van der Waals surface area (Å²) in [5, 5.41) is 13.1. The van der Waals surface area contributed by atoms with E-state index in [0.717, 1.165) is 11.3 Å². The topological polar surface area (TPSA) is 41.5 Å². The summed E-state index contributed by atoms with van der Waals surface area (Å²) in [4.78, 5) is 0. The average molecular weight is 271 g/mol. The van der Waals surface area contributed by atoms with Gasteiger partial charge in [-0.1, -0.05) is 12.1 Å². The third kappa shape index (κ3) is 3.05. The van der Waals surface area contributed by atoms with Crippen LogP contribution >= 0.6 is 0 Å². The van der Waals surface area contributed by atoms with Crippen molar-refractivity contribution in [3.63, 3.8) is 0 Å². The highest BCUT2D eigenvalue weighted by molar-refractivity contribution is 5.51. The SMILES string of the molecule is COc1cc(C(C)Nc2ccc(C)c(C)c2)ccc1O. The molecule has 1 unspecified atom stereocenters. The van der Waals surface area contributed by atoms with Crippen molar-refractivity contribution >= 4 is 5.69 Å². The van der Waals surface area contributed by atoms with Crippen LogP contribution in [0.15, 0.2) is 36.4 Å². The number of phenols is 1. The monoisotopic (exact) mass is 271 g/mol. The van der Waals surface area contributed by atoms with Crippen LogP contribution < -0.4 is 10.1 Å². The van der Waals surface area contributed by atoms with Gasteiger partial charge in [0.2, 0.25) is 0 Å². The Balaban J connectivity index is 2.19. The largest absolute Gasteiger partial charge is 0.504 e. The molecule has 106 valence electrons. The Labute approximate surface area is 120 Å². The number of hydrogen-bond acceptors (Lipinski definition) is 3. The van der Waals surface area contributed by atoms with Crippen molar-refractivity contribution in [2.45, 2.75) is 26.8 Å². The molecule has 0 saturated carbocycles. The van der Waals surface area contributed by atoms with Gasteiger partial charge in [0, 0.05) is 11.7 Å². The Kier molecular flexibility index (Phi) is 4.18. The number of nitrogens with one attached hydrogen (secondary N) is 1. The first-order chi connectivity index (χ1) is 9.51. The lowest BCUT2D eigenvalue weighted by molar-refractivity contribution is 0.373. The lowest BCUT2D eigenvalue weighted by Crippen LogP contribution is -2.07. The third-order valence-corrected chi connectivity index (χ3v) is 3.59. The van der Waals surface area contributed by atoms with Crippen LogP contribution in [0, 0.1) is 13.8 Å².